The zero-order valence-electron chi connectivity index (χ0n) is 15.3. The van der Waals surface area contributed by atoms with E-state index < -0.39 is 5.97 Å². The number of carboxylic acid groups (broad SMARTS) is 1. The van der Waals surface area contributed by atoms with Crippen LogP contribution in [0.2, 0.25) is 0 Å². The van der Waals surface area contributed by atoms with E-state index in [0.717, 1.165) is 12.8 Å². The van der Waals surface area contributed by atoms with Crippen LogP contribution in [0.25, 0.3) is 0 Å². The lowest BCUT2D eigenvalue weighted by Crippen LogP contribution is -2.41. The van der Waals surface area contributed by atoms with Gasteiger partial charge in [-0.05, 0) is 47.4 Å². The standard InChI is InChI=1S/C22H25NO3/c1-22(2)14-13-16-8-3-5-9-17(16)20(22)23-19(24)12-11-15-7-4-6-10-18(15)21(25)26/h3-10,20H,11-14H2,1-2H3,(H,23,24)(H,25,26). The van der Waals surface area contributed by atoms with E-state index in [0.29, 0.717) is 12.0 Å². The molecule has 0 bridgehead atoms. The van der Waals surface area contributed by atoms with Crippen molar-refractivity contribution in [1.29, 1.82) is 0 Å². The highest BCUT2D eigenvalue weighted by Crippen LogP contribution is 2.43. The SMILES string of the molecule is CC1(C)CCc2ccccc2C1NC(=O)CCc1ccccc1C(=O)O. The van der Waals surface area contributed by atoms with Crippen LogP contribution in [0.1, 0.15) is 59.8 Å². The summed E-state index contributed by atoms with van der Waals surface area (Å²) in [6.07, 6.45) is 2.75. The molecule has 1 aliphatic rings. The number of aryl methyl sites for hydroxylation is 2. The first-order chi connectivity index (χ1) is 12.4. The number of carbonyl (C=O) groups is 2. The predicted molar refractivity (Wildman–Crippen MR) is 101 cm³/mol. The van der Waals surface area contributed by atoms with Crippen LogP contribution in [0.4, 0.5) is 0 Å². The monoisotopic (exact) mass is 351 g/mol. The maximum atomic E-state index is 12.6. The second-order valence-corrected chi connectivity index (χ2v) is 7.65. The van der Waals surface area contributed by atoms with Gasteiger partial charge in [-0.1, -0.05) is 56.3 Å². The first kappa shape index (κ1) is 18.2. The Morgan fingerprint density at radius 1 is 1.12 bits per heavy atom. The first-order valence-electron chi connectivity index (χ1n) is 9.07. The van der Waals surface area contributed by atoms with Gasteiger partial charge in [0.25, 0.3) is 0 Å². The third kappa shape index (κ3) is 3.79. The molecule has 1 amide bonds. The molecule has 0 radical (unpaired) electrons. The third-order valence-electron chi connectivity index (χ3n) is 5.36. The molecule has 0 saturated carbocycles. The van der Waals surface area contributed by atoms with Crippen molar-refractivity contribution in [2.24, 2.45) is 5.41 Å². The van der Waals surface area contributed by atoms with E-state index in [4.69, 9.17) is 0 Å². The molecule has 0 fully saturated rings. The second kappa shape index (κ2) is 7.32. The van der Waals surface area contributed by atoms with Crippen LogP contribution in [-0.2, 0) is 17.6 Å². The van der Waals surface area contributed by atoms with Gasteiger partial charge < -0.3 is 10.4 Å². The van der Waals surface area contributed by atoms with Gasteiger partial charge in [0.05, 0.1) is 11.6 Å². The van der Waals surface area contributed by atoms with Crippen molar-refractivity contribution in [1.82, 2.24) is 5.32 Å². The predicted octanol–water partition coefficient (Wildman–Crippen LogP) is 4.15. The van der Waals surface area contributed by atoms with Gasteiger partial charge in [-0.3, -0.25) is 4.79 Å². The van der Waals surface area contributed by atoms with Crippen LogP contribution in [0, 0.1) is 5.41 Å². The zero-order chi connectivity index (χ0) is 18.7. The number of hydrogen-bond acceptors (Lipinski definition) is 2. The highest BCUT2D eigenvalue weighted by atomic mass is 16.4. The average molecular weight is 351 g/mol. The Labute approximate surface area is 154 Å². The molecular weight excluding hydrogens is 326 g/mol. The van der Waals surface area contributed by atoms with Gasteiger partial charge in [-0.25, -0.2) is 4.79 Å². The number of aromatic carboxylic acids is 1. The van der Waals surface area contributed by atoms with Crippen LogP contribution in [-0.4, -0.2) is 17.0 Å². The lowest BCUT2D eigenvalue weighted by Gasteiger charge is -2.40. The fraction of sp³-hybridized carbons (Fsp3) is 0.364. The number of benzene rings is 2. The first-order valence-corrected chi connectivity index (χ1v) is 9.07. The maximum absolute atomic E-state index is 12.6. The van der Waals surface area contributed by atoms with E-state index >= 15 is 0 Å². The number of amides is 1. The molecule has 136 valence electrons. The molecule has 1 aliphatic carbocycles. The van der Waals surface area contributed by atoms with Gasteiger partial charge in [0.1, 0.15) is 0 Å². The highest BCUT2D eigenvalue weighted by molar-refractivity contribution is 5.89. The van der Waals surface area contributed by atoms with E-state index in [-0.39, 0.29) is 29.3 Å². The van der Waals surface area contributed by atoms with Crippen molar-refractivity contribution in [3.05, 3.63) is 70.8 Å². The second-order valence-electron chi connectivity index (χ2n) is 7.65. The van der Waals surface area contributed by atoms with E-state index in [9.17, 15) is 14.7 Å². The summed E-state index contributed by atoms with van der Waals surface area (Å²) in [6.45, 7) is 4.38. The number of nitrogens with one attached hydrogen (secondary N) is 1. The Kier molecular flexibility index (Phi) is 5.12. The summed E-state index contributed by atoms with van der Waals surface area (Å²) in [4.78, 5) is 23.9. The van der Waals surface area contributed by atoms with Crippen LogP contribution in [0.3, 0.4) is 0 Å². The number of hydrogen-bond donors (Lipinski definition) is 2. The lowest BCUT2D eigenvalue weighted by atomic mass is 9.70. The van der Waals surface area contributed by atoms with Crippen LogP contribution in [0.15, 0.2) is 48.5 Å². The molecule has 2 N–H and O–H groups in total. The molecule has 2 aromatic rings. The molecule has 4 heteroatoms. The average Bonchev–Trinajstić information content (AvgIpc) is 2.62. The molecule has 2 aromatic carbocycles. The van der Waals surface area contributed by atoms with Gasteiger partial charge in [0, 0.05) is 6.42 Å². The topological polar surface area (TPSA) is 66.4 Å². The third-order valence-corrected chi connectivity index (χ3v) is 5.36. The van der Waals surface area contributed by atoms with Crippen LogP contribution in [0.5, 0.6) is 0 Å². The molecule has 26 heavy (non-hydrogen) atoms. The summed E-state index contributed by atoms with van der Waals surface area (Å²) >= 11 is 0. The molecule has 3 rings (SSSR count). The largest absolute Gasteiger partial charge is 0.478 e. The molecule has 4 nitrogen and oxygen atoms in total. The van der Waals surface area contributed by atoms with Gasteiger partial charge in [-0.2, -0.15) is 0 Å². The lowest BCUT2D eigenvalue weighted by molar-refractivity contribution is -0.122. The Hall–Kier alpha value is -2.62. The Bertz CT molecular complexity index is 826. The van der Waals surface area contributed by atoms with E-state index in [1.807, 2.05) is 12.1 Å². The van der Waals surface area contributed by atoms with Gasteiger partial charge in [0.2, 0.25) is 5.91 Å². The minimum Gasteiger partial charge on any atom is -0.478 e. The van der Waals surface area contributed by atoms with Crippen molar-refractivity contribution in [3.63, 3.8) is 0 Å². The van der Waals surface area contributed by atoms with Gasteiger partial charge in [-0.15, -0.1) is 0 Å². The minimum atomic E-state index is -0.955. The minimum absolute atomic E-state index is 0.0109. The number of carboxylic acids is 1. The van der Waals surface area contributed by atoms with Crippen molar-refractivity contribution >= 4 is 11.9 Å². The number of fused-ring (bicyclic) bond motifs is 1. The molecule has 0 saturated heterocycles. The van der Waals surface area contributed by atoms with Crippen LogP contribution < -0.4 is 5.32 Å². The normalized spacial score (nSPS) is 18.0. The summed E-state index contributed by atoms with van der Waals surface area (Å²) in [7, 11) is 0. The summed E-state index contributed by atoms with van der Waals surface area (Å²) in [5.41, 5.74) is 3.45. The smallest absolute Gasteiger partial charge is 0.335 e. The molecule has 0 heterocycles. The van der Waals surface area contributed by atoms with Crippen molar-refractivity contribution in [3.8, 4) is 0 Å². The number of rotatable bonds is 5. The van der Waals surface area contributed by atoms with Crippen LogP contribution >= 0.6 is 0 Å². The Morgan fingerprint density at radius 2 is 1.81 bits per heavy atom. The quantitative estimate of drug-likeness (QED) is 0.850. The van der Waals surface area contributed by atoms with Crippen molar-refractivity contribution in [2.75, 3.05) is 0 Å². The molecule has 0 aliphatic heterocycles. The summed E-state index contributed by atoms with van der Waals surface area (Å²) in [5.74, 6) is -0.997. The molecule has 1 atom stereocenters. The Balaban J connectivity index is 1.71. The van der Waals surface area contributed by atoms with Crippen molar-refractivity contribution in [2.45, 2.75) is 45.6 Å². The van der Waals surface area contributed by atoms with E-state index in [1.54, 1.807) is 24.3 Å². The maximum Gasteiger partial charge on any atom is 0.335 e. The highest BCUT2D eigenvalue weighted by Gasteiger charge is 2.36. The fourth-order valence-corrected chi connectivity index (χ4v) is 3.77. The summed E-state index contributed by atoms with van der Waals surface area (Å²) < 4.78 is 0. The Morgan fingerprint density at radius 3 is 2.58 bits per heavy atom. The molecule has 0 aromatic heterocycles. The van der Waals surface area contributed by atoms with E-state index in [1.165, 1.54) is 11.1 Å². The molecular formula is C22H25NO3. The van der Waals surface area contributed by atoms with E-state index in [2.05, 4.69) is 31.3 Å². The van der Waals surface area contributed by atoms with Gasteiger partial charge >= 0.3 is 5.97 Å². The number of carbonyl (C=O) groups excluding carboxylic acids is 1. The zero-order valence-corrected chi connectivity index (χ0v) is 15.3. The summed E-state index contributed by atoms with van der Waals surface area (Å²) in [6, 6.07) is 15.1. The van der Waals surface area contributed by atoms with Crippen molar-refractivity contribution < 1.29 is 14.7 Å². The molecule has 0 spiro atoms. The fourth-order valence-electron chi connectivity index (χ4n) is 3.77. The van der Waals surface area contributed by atoms with Gasteiger partial charge in [0.15, 0.2) is 0 Å². The molecule has 1 unspecified atom stereocenters. The summed E-state index contributed by atoms with van der Waals surface area (Å²) in [5, 5.41) is 12.5.